The van der Waals surface area contributed by atoms with E-state index in [1.807, 2.05) is 19.1 Å². The molecule has 0 spiro atoms. The number of halogens is 1. The van der Waals surface area contributed by atoms with Crippen molar-refractivity contribution in [1.82, 2.24) is 0 Å². The van der Waals surface area contributed by atoms with Crippen molar-refractivity contribution in [2.24, 2.45) is 0 Å². The van der Waals surface area contributed by atoms with Gasteiger partial charge >= 0.3 is 0 Å². The van der Waals surface area contributed by atoms with E-state index in [0.29, 0.717) is 5.92 Å². The first-order chi connectivity index (χ1) is 8.20. The molecule has 0 bridgehead atoms. The predicted octanol–water partition coefficient (Wildman–Crippen LogP) is 5.60. The number of benzene rings is 1. The van der Waals surface area contributed by atoms with Crippen LogP contribution in [0.2, 0.25) is 0 Å². The summed E-state index contributed by atoms with van der Waals surface area (Å²) in [5.41, 5.74) is 2.07. The van der Waals surface area contributed by atoms with Gasteiger partial charge in [0, 0.05) is 0 Å². The molecule has 0 saturated carbocycles. The molecular weight excluding hydrogens is 211 g/mol. The molecule has 0 nitrogen and oxygen atoms in total. The van der Waals surface area contributed by atoms with E-state index in [0.717, 1.165) is 30.4 Å². The summed E-state index contributed by atoms with van der Waals surface area (Å²) in [5, 5.41) is 0. The van der Waals surface area contributed by atoms with Crippen LogP contribution in [0.5, 0.6) is 0 Å². The summed E-state index contributed by atoms with van der Waals surface area (Å²) >= 11 is 0. The lowest BCUT2D eigenvalue weighted by molar-refractivity contribution is 0.498. The molecule has 1 aromatic carbocycles. The lowest BCUT2D eigenvalue weighted by Crippen LogP contribution is -2.04. The zero-order chi connectivity index (χ0) is 12.7. The van der Waals surface area contributed by atoms with Gasteiger partial charge in [-0.2, -0.15) is 0 Å². The molecule has 0 amide bonds. The fourth-order valence-electron chi connectivity index (χ4n) is 2.58. The van der Waals surface area contributed by atoms with Crippen LogP contribution in [0.25, 0.3) is 0 Å². The van der Waals surface area contributed by atoms with Gasteiger partial charge in [0.05, 0.1) is 0 Å². The van der Waals surface area contributed by atoms with E-state index < -0.39 is 0 Å². The lowest BCUT2D eigenvalue weighted by Gasteiger charge is -2.19. The van der Waals surface area contributed by atoms with Crippen molar-refractivity contribution in [2.75, 3.05) is 0 Å². The van der Waals surface area contributed by atoms with Crippen LogP contribution in [-0.2, 0) is 0 Å². The first-order valence-corrected chi connectivity index (χ1v) is 6.95. The van der Waals surface area contributed by atoms with Crippen LogP contribution < -0.4 is 0 Å². The number of unbranched alkanes of at least 4 members (excludes halogenated alkanes) is 2. The molecule has 0 aliphatic carbocycles. The Morgan fingerprint density at radius 1 is 1.06 bits per heavy atom. The second-order valence-corrected chi connectivity index (χ2v) is 4.95. The molecule has 1 heteroatoms. The van der Waals surface area contributed by atoms with Crippen molar-refractivity contribution in [3.63, 3.8) is 0 Å². The predicted molar refractivity (Wildman–Crippen MR) is 72.9 cm³/mol. The van der Waals surface area contributed by atoms with Gasteiger partial charge < -0.3 is 0 Å². The van der Waals surface area contributed by atoms with Crippen LogP contribution in [-0.4, -0.2) is 0 Å². The van der Waals surface area contributed by atoms with E-state index >= 15 is 0 Å². The van der Waals surface area contributed by atoms with Gasteiger partial charge in [-0.1, -0.05) is 51.7 Å². The monoisotopic (exact) mass is 236 g/mol. The van der Waals surface area contributed by atoms with Crippen molar-refractivity contribution in [3.05, 3.63) is 35.1 Å². The minimum absolute atomic E-state index is 0.0139. The van der Waals surface area contributed by atoms with Crippen molar-refractivity contribution >= 4 is 0 Å². The Morgan fingerprint density at radius 3 is 2.41 bits per heavy atom. The molecule has 17 heavy (non-hydrogen) atoms. The number of hydrogen-bond donors (Lipinski definition) is 0. The maximum absolute atomic E-state index is 13.9. The topological polar surface area (TPSA) is 0 Å². The summed E-state index contributed by atoms with van der Waals surface area (Å²) in [4.78, 5) is 0. The highest BCUT2D eigenvalue weighted by atomic mass is 19.1. The lowest BCUT2D eigenvalue weighted by atomic mass is 9.86. The quantitative estimate of drug-likeness (QED) is 0.541. The van der Waals surface area contributed by atoms with Gasteiger partial charge in [0.15, 0.2) is 0 Å². The Kier molecular flexibility index (Phi) is 6.25. The molecule has 0 N–H and O–H groups in total. The summed E-state index contributed by atoms with van der Waals surface area (Å²) in [6.07, 6.45) is 7.07. The minimum atomic E-state index is -0.0139. The summed E-state index contributed by atoms with van der Waals surface area (Å²) < 4.78 is 13.9. The molecule has 0 aliphatic heterocycles. The van der Waals surface area contributed by atoms with Crippen LogP contribution in [0.4, 0.5) is 4.39 Å². The molecule has 1 unspecified atom stereocenters. The first kappa shape index (κ1) is 14.2. The maximum Gasteiger partial charge on any atom is 0.126 e. The highest BCUT2D eigenvalue weighted by molar-refractivity contribution is 5.30. The fourth-order valence-corrected chi connectivity index (χ4v) is 2.58. The van der Waals surface area contributed by atoms with Crippen LogP contribution in [0.3, 0.4) is 0 Å². The average Bonchev–Trinajstić information content (AvgIpc) is 2.29. The summed E-state index contributed by atoms with van der Waals surface area (Å²) in [5.74, 6) is 0.396. The molecule has 0 fully saturated rings. The number of rotatable bonds is 7. The molecule has 0 aliphatic rings. The first-order valence-electron chi connectivity index (χ1n) is 6.95. The largest absolute Gasteiger partial charge is 0.207 e. The Morgan fingerprint density at radius 2 is 1.82 bits per heavy atom. The van der Waals surface area contributed by atoms with E-state index in [9.17, 15) is 4.39 Å². The molecule has 1 atom stereocenters. The van der Waals surface area contributed by atoms with Gasteiger partial charge in [-0.25, -0.2) is 4.39 Å². The average molecular weight is 236 g/mol. The third kappa shape index (κ3) is 4.14. The van der Waals surface area contributed by atoms with E-state index in [-0.39, 0.29) is 5.82 Å². The SMILES string of the molecule is CCCCCC(CCC)c1c(C)cccc1F. The highest BCUT2D eigenvalue weighted by Gasteiger charge is 2.16. The molecule has 96 valence electrons. The van der Waals surface area contributed by atoms with Crippen molar-refractivity contribution in [1.29, 1.82) is 0 Å². The van der Waals surface area contributed by atoms with Crippen LogP contribution in [0.1, 0.15) is 69.4 Å². The van der Waals surface area contributed by atoms with Crippen LogP contribution >= 0.6 is 0 Å². The molecule has 0 saturated heterocycles. The van der Waals surface area contributed by atoms with Gasteiger partial charge in [0.25, 0.3) is 0 Å². The Balaban J connectivity index is 2.81. The van der Waals surface area contributed by atoms with Gasteiger partial charge in [-0.3, -0.25) is 0 Å². The normalized spacial score (nSPS) is 12.7. The Bertz CT molecular complexity index is 310. The fraction of sp³-hybridized carbons (Fsp3) is 0.625. The van der Waals surface area contributed by atoms with E-state index in [2.05, 4.69) is 13.8 Å². The molecule has 1 aromatic rings. The highest BCUT2D eigenvalue weighted by Crippen LogP contribution is 2.31. The second-order valence-electron chi connectivity index (χ2n) is 4.95. The van der Waals surface area contributed by atoms with Crippen molar-refractivity contribution in [2.45, 2.75) is 65.2 Å². The Hall–Kier alpha value is -0.850. The van der Waals surface area contributed by atoms with Crippen LogP contribution in [0, 0.1) is 12.7 Å². The van der Waals surface area contributed by atoms with Crippen molar-refractivity contribution in [3.8, 4) is 0 Å². The zero-order valence-corrected chi connectivity index (χ0v) is 11.4. The second kappa shape index (κ2) is 7.47. The van der Waals surface area contributed by atoms with E-state index in [1.54, 1.807) is 6.07 Å². The van der Waals surface area contributed by atoms with Crippen LogP contribution in [0.15, 0.2) is 18.2 Å². The minimum Gasteiger partial charge on any atom is -0.207 e. The Labute approximate surface area is 105 Å². The standard InChI is InChI=1S/C16H25F/c1-4-6-7-11-14(9-5-2)16-13(3)10-8-12-15(16)17/h8,10,12,14H,4-7,9,11H2,1-3H3. The van der Waals surface area contributed by atoms with E-state index in [4.69, 9.17) is 0 Å². The van der Waals surface area contributed by atoms with Crippen molar-refractivity contribution < 1.29 is 4.39 Å². The van der Waals surface area contributed by atoms with Gasteiger partial charge in [-0.15, -0.1) is 0 Å². The molecular formula is C16H25F. The summed E-state index contributed by atoms with van der Waals surface area (Å²) in [7, 11) is 0. The molecule has 1 rings (SSSR count). The smallest absolute Gasteiger partial charge is 0.126 e. The van der Waals surface area contributed by atoms with Gasteiger partial charge in [-0.05, 0) is 42.9 Å². The maximum atomic E-state index is 13.9. The third-order valence-corrected chi connectivity index (χ3v) is 3.47. The van der Waals surface area contributed by atoms with Gasteiger partial charge in [0.1, 0.15) is 5.82 Å². The third-order valence-electron chi connectivity index (χ3n) is 3.47. The summed E-state index contributed by atoms with van der Waals surface area (Å²) in [6.45, 7) is 6.42. The molecule has 0 heterocycles. The molecule has 0 radical (unpaired) electrons. The van der Waals surface area contributed by atoms with E-state index in [1.165, 1.54) is 19.3 Å². The summed E-state index contributed by atoms with van der Waals surface area (Å²) in [6, 6.07) is 5.44. The zero-order valence-electron chi connectivity index (χ0n) is 11.4. The molecule has 0 aromatic heterocycles. The number of aryl methyl sites for hydroxylation is 1. The number of hydrogen-bond acceptors (Lipinski definition) is 0. The van der Waals surface area contributed by atoms with Gasteiger partial charge in [0.2, 0.25) is 0 Å².